The first-order valence-electron chi connectivity index (χ1n) is 5.78. The van der Waals surface area contributed by atoms with Gasteiger partial charge in [0.15, 0.2) is 0 Å². The summed E-state index contributed by atoms with van der Waals surface area (Å²) in [6, 6.07) is 0.558. The average molecular weight is 223 g/mol. The van der Waals surface area contributed by atoms with Gasteiger partial charge in [-0.25, -0.2) is 0 Å². The second-order valence-corrected chi connectivity index (χ2v) is 4.51. The molecule has 0 amide bonds. The Balaban J connectivity index is 1.72. The molecule has 0 bridgehead atoms. The van der Waals surface area contributed by atoms with Crippen molar-refractivity contribution < 1.29 is 4.74 Å². The minimum atomic E-state index is 0.225. The summed E-state index contributed by atoms with van der Waals surface area (Å²) in [5.41, 5.74) is 6.14. The molecule has 6 heteroatoms. The first-order chi connectivity index (χ1) is 7.84. The quantitative estimate of drug-likeness (QED) is 0.675. The highest BCUT2D eigenvalue weighted by Gasteiger charge is 2.31. The number of aromatic nitrogens is 3. The Bertz CT molecular complexity index is 366. The zero-order valence-corrected chi connectivity index (χ0v) is 9.25. The van der Waals surface area contributed by atoms with E-state index in [1.807, 2.05) is 0 Å². The van der Waals surface area contributed by atoms with Gasteiger partial charge in [0.05, 0.1) is 13.2 Å². The predicted octanol–water partition coefficient (Wildman–Crippen LogP) is -0.790. The van der Waals surface area contributed by atoms with Crippen LogP contribution in [0.2, 0.25) is 0 Å². The fourth-order valence-corrected chi connectivity index (χ4v) is 2.48. The molecule has 88 valence electrons. The SMILES string of the molecule is NC1CCOCC1N1CCn2cnnc2C1. The molecule has 0 saturated carbocycles. The summed E-state index contributed by atoms with van der Waals surface area (Å²) in [5, 5.41) is 8.04. The van der Waals surface area contributed by atoms with Gasteiger partial charge in [0.2, 0.25) is 0 Å². The van der Waals surface area contributed by atoms with Gasteiger partial charge in [-0.2, -0.15) is 0 Å². The molecule has 2 aliphatic rings. The minimum absolute atomic E-state index is 0.225. The Morgan fingerprint density at radius 1 is 1.44 bits per heavy atom. The van der Waals surface area contributed by atoms with Crippen LogP contribution in [0.1, 0.15) is 12.2 Å². The van der Waals surface area contributed by atoms with Gasteiger partial charge in [-0.1, -0.05) is 0 Å². The Kier molecular flexibility index (Phi) is 2.62. The average Bonchev–Trinajstić information content (AvgIpc) is 2.76. The van der Waals surface area contributed by atoms with Crippen molar-refractivity contribution >= 4 is 0 Å². The highest BCUT2D eigenvalue weighted by molar-refractivity contribution is 4.94. The Morgan fingerprint density at radius 3 is 3.25 bits per heavy atom. The molecule has 1 saturated heterocycles. The van der Waals surface area contributed by atoms with Crippen molar-refractivity contribution in [2.24, 2.45) is 5.73 Å². The van der Waals surface area contributed by atoms with Crippen LogP contribution in [0.25, 0.3) is 0 Å². The lowest BCUT2D eigenvalue weighted by atomic mass is 10.0. The van der Waals surface area contributed by atoms with E-state index in [1.165, 1.54) is 0 Å². The molecular weight excluding hydrogens is 206 g/mol. The largest absolute Gasteiger partial charge is 0.380 e. The first kappa shape index (κ1) is 10.2. The summed E-state index contributed by atoms with van der Waals surface area (Å²) in [6.45, 7) is 4.33. The highest BCUT2D eigenvalue weighted by Crippen LogP contribution is 2.18. The first-order valence-corrected chi connectivity index (χ1v) is 5.78. The Hall–Kier alpha value is -0.980. The van der Waals surface area contributed by atoms with Crippen molar-refractivity contribution in [3.8, 4) is 0 Å². The molecule has 2 unspecified atom stereocenters. The fourth-order valence-electron chi connectivity index (χ4n) is 2.48. The second-order valence-electron chi connectivity index (χ2n) is 4.51. The number of hydrogen-bond acceptors (Lipinski definition) is 5. The lowest BCUT2D eigenvalue weighted by Gasteiger charge is -2.39. The maximum Gasteiger partial charge on any atom is 0.147 e. The van der Waals surface area contributed by atoms with Crippen LogP contribution < -0.4 is 5.73 Å². The molecular formula is C10H17N5O. The molecule has 16 heavy (non-hydrogen) atoms. The van der Waals surface area contributed by atoms with Gasteiger partial charge >= 0.3 is 0 Å². The van der Waals surface area contributed by atoms with Crippen LogP contribution in [-0.4, -0.2) is 51.5 Å². The van der Waals surface area contributed by atoms with Crippen LogP contribution in [0.3, 0.4) is 0 Å². The van der Waals surface area contributed by atoms with Crippen LogP contribution >= 0.6 is 0 Å². The monoisotopic (exact) mass is 223 g/mol. The summed E-state index contributed by atoms with van der Waals surface area (Å²) in [7, 11) is 0. The summed E-state index contributed by atoms with van der Waals surface area (Å²) in [6.07, 6.45) is 2.75. The molecule has 0 radical (unpaired) electrons. The zero-order chi connectivity index (χ0) is 11.0. The topological polar surface area (TPSA) is 69.2 Å². The predicted molar refractivity (Wildman–Crippen MR) is 57.6 cm³/mol. The number of nitrogens with zero attached hydrogens (tertiary/aromatic N) is 4. The number of hydrogen-bond donors (Lipinski definition) is 1. The van der Waals surface area contributed by atoms with Crippen molar-refractivity contribution in [3.05, 3.63) is 12.2 Å². The van der Waals surface area contributed by atoms with Crippen molar-refractivity contribution in [3.63, 3.8) is 0 Å². The molecule has 0 aromatic carbocycles. The van der Waals surface area contributed by atoms with E-state index in [0.29, 0.717) is 6.04 Å². The third-order valence-corrected chi connectivity index (χ3v) is 3.52. The molecule has 2 N–H and O–H groups in total. The van der Waals surface area contributed by atoms with Crippen molar-refractivity contribution in [1.82, 2.24) is 19.7 Å². The molecule has 1 aromatic heterocycles. The van der Waals surface area contributed by atoms with E-state index in [0.717, 1.165) is 45.1 Å². The normalized spacial score (nSPS) is 31.3. The van der Waals surface area contributed by atoms with Gasteiger partial charge in [-0.3, -0.25) is 4.90 Å². The molecule has 3 rings (SSSR count). The van der Waals surface area contributed by atoms with E-state index in [-0.39, 0.29) is 6.04 Å². The molecule has 2 atom stereocenters. The number of nitrogens with two attached hydrogens (primary N) is 1. The molecule has 2 aliphatic heterocycles. The number of fused-ring (bicyclic) bond motifs is 1. The molecule has 3 heterocycles. The maximum atomic E-state index is 6.14. The summed E-state index contributed by atoms with van der Waals surface area (Å²) < 4.78 is 7.61. The third kappa shape index (κ3) is 1.73. The highest BCUT2D eigenvalue weighted by atomic mass is 16.5. The summed E-state index contributed by atoms with van der Waals surface area (Å²) >= 11 is 0. The molecule has 0 spiro atoms. The Morgan fingerprint density at radius 2 is 2.38 bits per heavy atom. The zero-order valence-electron chi connectivity index (χ0n) is 9.25. The van der Waals surface area contributed by atoms with Gasteiger partial charge in [-0.05, 0) is 6.42 Å². The summed E-state index contributed by atoms with van der Waals surface area (Å²) in [4.78, 5) is 2.37. The second kappa shape index (κ2) is 4.12. The van der Waals surface area contributed by atoms with Crippen LogP contribution in [0.4, 0.5) is 0 Å². The van der Waals surface area contributed by atoms with E-state index < -0.39 is 0 Å². The fraction of sp³-hybridized carbons (Fsp3) is 0.800. The number of ether oxygens (including phenoxy) is 1. The van der Waals surface area contributed by atoms with E-state index in [2.05, 4.69) is 19.7 Å². The molecule has 0 aliphatic carbocycles. The van der Waals surface area contributed by atoms with Crippen molar-refractivity contribution in [2.45, 2.75) is 31.6 Å². The number of rotatable bonds is 1. The summed E-state index contributed by atoms with van der Waals surface area (Å²) in [5.74, 6) is 1.03. The van der Waals surface area contributed by atoms with Gasteiger partial charge in [0.25, 0.3) is 0 Å². The van der Waals surface area contributed by atoms with Gasteiger partial charge in [0, 0.05) is 31.8 Å². The van der Waals surface area contributed by atoms with E-state index in [1.54, 1.807) is 6.33 Å². The third-order valence-electron chi connectivity index (χ3n) is 3.52. The van der Waals surface area contributed by atoms with Crippen LogP contribution in [0.5, 0.6) is 0 Å². The maximum absolute atomic E-state index is 6.14. The van der Waals surface area contributed by atoms with Gasteiger partial charge in [0.1, 0.15) is 12.2 Å². The van der Waals surface area contributed by atoms with Crippen molar-refractivity contribution in [2.75, 3.05) is 19.8 Å². The van der Waals surface area contributed by atoms with Crippen molar-refractivity contribution in [1.29, 1.82) is 0 Å². The lowest BCUT2D eigenvalue weighted by Crippen LogP contribution is -2.55. The van der Waals surface area contributed by atoms with E-state index in [4.69, 9.17) is 10.5 Å². The van der Waals surface area contributed by atoms with E-state index in [9.17, 15) is 0 Å². The van der Waals surface area contributed by atoms with Gasteiger partial charge in [-0.15, -0.1) is 10.2 Å². The molecule has 6 nitrogen and oxygen atoms in total. The van der Waals surface area contributed by atoms with E-state index >= 15 is 0 Å². The smallest absolute Gasteiger partial charge is 0.147 e. The lowest BCUT2D eigenvalue weighted by molar-refractivity contribution is -0.00463. The van der Waals surface area contributed by atoms with Crippen LogP contribution in [0, 0.1) is 0 Å². The van der Waals surface area contributed by atoms with Crippen LogP contribution in [-0.2, 0) is 17.8 Å². The molecule has 1 fully saturated rings. The standard InChI is InChI=1S/C10H17N5O/c11-8-1-4-16-6-9(8)14-2-3-15-7-12-13-10(15)5-14/h7-9H,1-6,11H2. The van der Waals surface area contributed by atoms with Gasteiger partial charge < -0.3 is 15.0 Å². The molecule has 1 aromatic rings. The Labute approximate surface area is 94.4 Å². The minimum Gasteiger partial charge on any atom is -0.380 e. The van der Waals surface area contributed by atoms with Crippen LogP contribution in [0.15, 0.2) is 6.33 Å².